The highest BCUT2D eigenvalue weighted by molar-refractivity contribution is 5.69. The fourth-order valence-electron chi connectivity index (χ4n) is 3.30. The Hall–Kier alpha value is -3.80. The zero-order chi connectivity index (χ0) is 22.1. The van der Waals surface area contributed by atoms with Gasteiger partial charge in [-0.15, -0.1) is 18.3 Å². The molecule has 6 heteroatoms. The molecule has 3 rings (SSSR count). The summed E-state index contributed by atoms with van der Waals surface area (Å²) in [7, 11) is 1.56. The number of benzene rings is 2. The Labute approximate surface area is 183 Å². The normalized spacial score (nSPS) is 11.4. The molecule has 160 valence electrons. The number of carbonyl (C=O) groups excluding carboxylic acids is 1. The number of aromatic nitrogens is 2. The summed E-state index contributed by atoms with van der Waals surface area (Å²) in [4.78, 5) is 14.5. The van der Waals surface area contributed by atoms with Crippen LogP contribution < -0.4 is 4.74 Å². The highest BCUT2D eigenvalue weighted by Crippen LogP contribution is 2.30. The largest absolute Gasteiger partial charge is 0.480 e. The van der Waals surface area contributed by atoms with E-state index in [1.807, 2.05) is 66.9 Å². The Morgan fingerprint density at radius 1 is 1.10 bits per heavy atom. The summed E-state index contributed by atoms with van der Waals surface area (Å²) >= 11 is 0. The second kappa shape index (κ2) is 10.8. The van der Waals surface area contributed by atoms with Crippen molar-refractivity contribution < 1.29 is 14.3 Å². The molecule has 1 aromatic heterocycles. The lowest BCUT2D eigenvalue weighted by atomic mass is 10.1. The third kappa shape index (κ3) is 5.63. The van der Waals surface area contributed by atoms with Crippen LogP contribution in [0.25, 0.3) is 0 Å². The molecule has 0 radical (unpaired) electrons. The average Bonchev–Trinajstić information content (AvgIpc) is 3.21. The Bertz CT molecular complexity index is 999. The van der Waals surface area contributed by atoms with Crippen LogP contribution >= 0.6 is 0 Å². The number of amides is 1. The molecular weight excluding hydrogens is 390 g/mol. The van der Waals surface area contributed by atoms with Crippen LogP contribution in [0, 0.1) is 0 Å². The van der Waals surface area contributed by atoms with Crippen molar-refractivity contribution in [1.82, 2.24) is 14.7 Å². The summed E-state index contributed by atoms with van der Waals surface area (Å²) in [6, 6.07) is 19.1. The first kappa shape index (κ1) is 21.9. The standard InChI is InChI=1S/C25H27N3O3/c1-4-16-28(25(29)31-19-21-14-10-7-11-15-21)23(5-2)22-18-27(26-24(22)30-3)17-20-12-8-6-9-13-20/h4-15,18,23H,1-2,16-17,19H2,3H3. The van der Waals surface area contributed by atoms with Crippen molar-refractivity contribution in [1.29, 1.82) is 0 Å². The van der Waals surface area contributed by atoms with E-state index in [0.717, 1.165) is 16.7 Å². The van der Waals surface area contributed by atoms with Gasteiger partial charge in [0.25, 0.3) is 0 Å². The van der Waals surface area contributed by atoms with Gasteiger partial charge in [-0.2, -0.15) is 0 Å². The number of nitrogens with zero attached hydrogens (tertiary/aromatic N) is 3. The maximum absolute atomic E-state index is 12.9. The first-order valence-corrected chi connectivity index (χ1v) is 10.0. The molecule has 2 aromatic carbocycles. The molecule has 0 spiro atoms. The minimum Gasteiger partial charge on any atom is -0.480 e. The number of methoxy groups -OCH3 is 1. The van der Waals surface area contributed by atoms with E-state index in [1.54, 1.807) is 28.8 Å². The van der Waals surface area contributed by atoms with Crippen molar-refractivity contribution in [2.75, 3.05) is 13.7 Å². The second-order valence-corrected chi connectivity index (χ2v) is 6.94. The molecule has 0 bridgehead atoms. The fourth-order valence-corrected chi connectivity index (χ4v) is 3.30. The Morgan fingerprint density at radius 2 is 1.74 bits per heavy atom. The maximum atomic E-state index is 12.9. The zero-order valence-corrected chi connectivity index (χ0v) is 17.7. The predicted octanol–water partition coefficient (Wildman–Crippen LogP) is 4.99. The molecule has 31 heavy (non-hydrogen) atoms. The SMILES string of the molecule is C=CCN(C(=O)OCc1ccccc1)C(C=C)c1cn(Cc2ccccc2)nc1OC. The summed E-state index contributed by atoms with van der Waals surface area (Å²) in [5.74, 6) is 0.436. The van der Waals surface area contributed by atoms with Gasteiger partial charge < -0.3 is 9.47 Å². The van der Waals surface area contributed by atoms with Gasteiger partial charge in [-0.3, -0.25) is 9.58 Å². The molecule has 6 nitrogen and oxygen atoms in total. The van der Waals surface area contributed by atoms with E-state index in [4.69, 9.17) is 9.47 Å². The summed E-state index contributed by atoms with van der Waals surface area (Å²) in [5.41, 5.74) is 2.75. The number of carbonyl (C=O) groups is 1. The van der Waals surface area contributed by atoms with E-state index < -0.39 is 12.1 Å². The molecule has 0 N–H and O–H groups in total. The van der Waals surface area contributed by atoms with Crippen LogP contribution in [-0.2, 0) is 17.9 Å². The Balaban J connectivity index is 1.81. The van der Waals surface area contributed by atoms with Crippen molar-refractivity contribution in [3.05, 3.63) is 109 Å². The molecule has 3 aromatic rings. The lowest BCUT2D eigenvalue weighted by Gasteiger charge is -2.27. The summed E-state index contributed by atoms with van der Waals surface area (Å²) < 4.78 is 12.8. The average molecular weight is 418 g/mol. The summed E-state index contributed by atoms with van der Waals surface area (Å²) in [6.07, 6.45) is 4.74. The van der Waals surface area contributed by atoms with Crippen LogP contribution in [0.3, 0.4) is 0 Å². The second-order valence-electron chi connectivity index (χ2n) is 6.94. The van der Waals surface area contributed by atoms with Crippen LogP contribution in [0.1, 0.15) is 22.7 Å². The molecule has 1 heterocycles. The monoisotopic (exact) mass is 417 g/mol. The third-order valence-corrected chi connectivity index (χ3v) is 4.78. The minimum absolute atomic E-state index is 0.182. The molecule has 1 unspecified atom stereocenters. The van der Waals surface area contributed by atoms with E-state index in [-0.39, 0.29) is 13.2 Å². The minimum atomic E-state index is -0.485. The van der Waals surface area contributed by atoms with Crippen LogP contribution in [-0.4, -0.2) is 34.4 Å². The third-order valence-electron chi connectivity index (χ3n) is 4.78. The van der Waals surface area contributed by atoms with Gasteiger partial charge in [-0.1, -0.05) is 72.8 Å². The molecule has 0 aliphatic heterocycles. The van der Waals surface area contributed by atoms with E-state index >= 15 is 0 Å². The van der Waals surface area contributed by atoms with Crippen molar-refractivity contribution in [2.24, 2.45) is 0 Å². The number of hydrogen-bond acceptors (Lipinski definition) is 4. The van der Waals surface area contributed by atoms with Crippen molar-refractivity contribution in [2.45, 2.75) is 19.2 Å². The first-order valence-electron chi connectivity index (χ1n) is 10.0. The van der Waals surface area contributed by atoms with Gasteiger partial charge in [0.05, 0.1) is 25.3 Å². The molecular formula is C25H27N3O3. The van der Waals surface area contributed by atoms with E-state index in [2.05, 4.69) is 18.3 Å². The van der Waals surface area contributed by atoms with Gasteiger partial charge in [0.1, 0.15) is 6.61 Å². The van der Waals surface area contributed by atoms with Crippen LogP contribution in [0.4, 0.5) is 4.79 Å². The van der Waals surface area contributed by atoms with Gasteiger partial charge in [-0.05, 0) is 11.1 Å². The quantitative estimate of drug-likeness (QED) is 0.436. The van der Waals surface area contributed by atoms with Crippen LogP contribution in [0.5, 0.6) is 5.88 Å². The van der Waals surface area contributed by atoms with E-state index in [0.29, 0.717) is 12.4 Å². The number of rotatable bonds is 10. The van der Waals surface area contributed by atoms with Crippen molar-refractivity contribution in [3.8, 4) is 5.88 Å². The first-order chi connectivity index (χ1) is 15.2. The number of ether oxygens (including phenoxy) is 2. The molecule has 0 aliphatic rings. The van der Waals surface area contributed by atoms with E-state index in [9.17, 15) is 4.79 Å². The highest BCUT2D eigenvalue weighted by atomic mass is 16.6. The topological polar surface area (TPSA) is 56.6 Å². The molecule has 0 fully saturated rings. The van der Waals surface area contributed by atoms with Gasteiger partial charge >= 0.3 is 6.09 Å². The Kier molecular flexibility index (Phi) is 7.65. The highest BCUT2D eigenvalue weighted by Gasteiger charge is 2.28. The van der Waals surface area contributed by atoms with Gasteiger partial charge in [0.2, 0.25) is 5.88 Å². The molecule has 0 saturated heterocycles. The van der Waals surface area contributed by atoms with Gasteiger partial charge in [-0.25, -0.2) is 4.79 Å². The lowest BCUT2D eigenvalue weighted by molar-refractivity contribution is 0.0914. The fraction of sp³-hybridized carbons (Fsp3) is 0.200. The maximum Gasteiger partial charge on any atom is 0.411 e. The summed E-state index contributed by atoms with van der Waals surface area (Å²) in [5, 5.41) is 4.53. The summed E-state index contributed by atoms with van der Waals surface area (Å²) in [6.45, 7) is 8.77. The van der Waals surface area contributed by atoms with Crippen LogP contribution in [0.15, 0.2) is 92.2 Å². The molecule has 1 amide bonds. The number of hydrogen-bond donors (Lipinski definition) is 0. The van der Waals surface area contributed by atoms with E-state index in [1.165, 1.54) is 0 Å². The lowest BCUT2D eigenvalue weighted by Crippen LogP contribution is -2.34. The Morgan fingerprint density at radius 3 is 2.32 bits per heavy atom. The predicted molar refractivity (Wildman–Crippen MR) is 121 cm³/mol. The van der Waals surface area contributed by atoms with Crippen LogP contribution in [0.2, 0.25) is 0 Å². The molecule has 0 saturated carbocycles. The van der Waals surface area contributed by atoms with Crippen molar-refractivity contribution >= 4 is 6.09 Å². The van der Waals surface area contributed by atoms with Gasteiger partial charge in [0, 0.05) is 12.7 Å². The smallest absolute Gasteiger partial charge is 0.411 e. The van der Waals surface area contributed by atoms with Gasteiger partial charge in [0.15, 0.2) is 0 Å². The van der Waals surface area contributed by atoms with Crippen molar-refractivity contribution in [3.63, 3.8) is 0 Å². The zero-order valence-electron chi connectivity index (χ0n) is 17.7. The molecule has 0 aliphatic carbocycles. The molecule has 1 atom stereocenters.